The van der Waals surface area contributed by atoms with E-state index in [1.54, 1.807) is 0 Å². The predicted octanol–water partition coefficient (Wildman–Crippen LogP) is 3.82. The highest BCUT2D eigenvalue weighted by atomic mass is 16.3. The maximum Gasteiger partial charge on any atom is 0.121 e. The van der Waals surface area contributed by atoms with Crippen LogP contribution < -0.4 is 5.32 Å². The Labute approximate surface area is 98.4 Å². The molecule has 1 fully saturated rings. The van der Waals surface area contributed by atoms with Crippen LogP contribution in [-0.2, 0) is 0 Å². The third-order valence-corrected chi connectivity index (χ3v) is 3.79. The van der Waals surface area contributed by atoms with Crippen molar-refractivity contribution in [3.05, 3.63) is 23.7 Å². The van der Waals surface area contributed by atoms with Crippen molar-refractivity contribution in [2.24, 2.45) is 5.92 Å². The van der Waals surface area contributed by atoms with Crippen LogP contribution in [0.5, 0.6) is 0 Å². The van der Waals surface area contributed by atoms with E-state index in [1.807, 2.05) is 14.0 Å². The topological polar surface area (TPSA) is 25.2 Å². The zero-order valence-corrected chi connectivity index (χ0v) is 10.5. The quantitative estimate of drug-likeness (QED) is 0.817. The van der Waals surface area contributed by atoms with Crippen LogP contribution in [0.3, 0.4) is 0 Å². The van der Waals surface area contributed by atoms with Crippen LogP contribution in [-0.4, -0.2) is 7.05 Å². The highest BCUT2D eigenvalue weighted by molar-refractivity contribution is 5.09. The average Bonchev–Trinajstić information content (AvgIpc) is 2.91. The molecule has 2 heteroatoms. The number of hydrogen-bond donors (Lipinski definition) is 1. The van der Waals surface area contributed by atoms with E-state index in [9.17, 15) is 0 Å². The van der Waals surface area contributed by atoms with Gasteiger partial charge in [0.1, 0.15) is 11.5 Å². The highest BCUT2D eigenvalue weighted by Crippen LogP contribution is 2.31. The number of hydrogen-bond acceptors (Lipinski definition) is 2. The summed E-state index contributed by atoms with van der Waals surface area (Å²) in [5.41, 5.74) is 0. The minimum Gasteiger partial charge on any atom is -0.465 e. The smallest absolute Gasteiger partial charge is 0.121 e. The molecule has 1 atom stereocenters. The molecule has 2 nitrogen and oxygen atoms in total. The van der Waals surface area contributed by atoms with Crippen molar-refractivity contribution >= 4 is 0 Å². The Morgan fingerprint density at radius 1 is 1.38 bits per heavy atom. The van der Waals surface area contributed by atoms with Crippen LogP contribution in [0.2, 0.25) is 0 Å². The molecule has 1 heterocycles. The Kier molecular flexibility index (Phi) is 4.05. The molecule has 1 aliphatic carbocycles. The minimum absolute atomic E-state index is 0.397. The fourth-order valence-electron chi connectivity index (χ4n) is 2.77. The molecule has 1 aromatic heterocycles. The van der Waals surface area contributed by atoms with Crippen LogP contribution in [0.4, 0.5) is 0 Å². The van der Waals surface area contributed by atoms with Crippen molar-refractivity contribution in [3.8, 4) is 0 Å². The van der Waals surface area contributed by atoms with E-state index in [2.05, 4.69) is 17.4 Å². The fourth-order valence-corrected chi connectivity index (χ4v) is 2.77. The Morgan fingerprint density at radius 3 is 2.69 bits per heavy atom. The van der Waals surface area contributed by atoms with Crippen LogP contribution >= 0.6 is 0 Å². The lowest BCUT2D eigenvalue weighted by Crippen LogP contribution is -2.16. The molecule has 2 rings (SSSR count). The van der Waals surface area contributed by atoms with Gasteiger partial charge < -0.3 is 9.73 Å². The van der Waals surface area contributed by atoms with Gasteiger partial charge in [0, 0.05) is 0 Å². The SMILES string of the molecule is CNC(CCC1CCCC1)c1ccc(C)o1. The van der Waals surface area contributed by atoms with Gasteiger partial charge in [0.15, 0.2) is 0 Å². The van der Waals surface area contributed by atoms with Crippen molar-refractivity contribution in [2.75, 3.05) is 7.05 Å². The molecule has 1 unspecified atom stereocenters. The van der Waals surface area contributed by atoms with Gasteiger partial charge >= 0.3 is 0 Å². The normalized spacial score (nSPS) is 19.1. The third-order valence-electron chi connectivity index (χ3n) is 3.79. The lowest BCUT2D eigenvalue weighted by atomic mass is 9.97. The van der Waals surface area contributed by atoms with Crippen LogP contribution in [0.25, 0.3) is 0 Å². The maximum atomic E-state index is 5.69. The molecule has 1 aromatic rings. The molecule has 1 saturated carbocycles. The van der Waals surface area contributed by atoms with Crippen molar-refractivity contribution in [2.45, 2.75) is 51.5 Å². The monoisotopic (exact) mass is 221 g/mol. The molecule has 0 aliphatic heterocycles. The molecule has 1 N–H and O–H groups in total. The van der Waals surface area contributed by atoms with Crippen molar-refractivity contribution in [1.29, 1.82) is 0 Å². The lowest BCUT2D eigenvalue weighted by Gasteiger charge is -2.16. The molecule has 0 saturated heterocycles. The number of aryl methyl sites for hydroxylation is 1. The summed E-state index contributed by atoms with van der Waals surface area (Å²) in [7, 11) is 2.02. The van der Waals surface area contributed by atoms with Crippen molar-refractivity contribution in [1.82, 2.24) is 5.32 Å². The molecule has 1 aliphatic rings. The molecule has 0 radical (unpaired) electrons. The number of rotatable bonds is 5. The first-order valence-corrected chi connectivity index (χ1v) is 6.53. The third kappa shape index (κ3) is 2.88. The van der Waals surface area contributed by atoms with Gasteiger partial charge in [0.2, 0.25) is 0 Å². The van der Waals surface area contributed by atoms with Gasteiger partial charge in [-0.3, -0.25) is 0 Å². The van der Waals surface area contributed by atoms with Gasteiger partial charge in [0.05, 0.1) is 6.04 Å². The van der Waals surface area contributed by atoms with E-state index in [0.717, 1.165) is 17.4 Å². The van der Waals surface area contributed by atoms with Gasteiger partial charge in [-0.1, -0.05) is 25.7 Å². The second kappa shape index (κ2) is 5.53. The van der Waals surface area contributed by atoms with Gasteiger partial charge in [-0.2, -0.15) is 0 Å². The van der Waals surface area contributed by atoms with Gasteiger partial charge in [-0.05, 0) is 44.9 Å². The zero-order valence-electron chi connectivity index (χ0n) is 10.5. The van der Waals surface area contributed by atoms with Gasteiger partial charge in [-0.25, -0.2) is 0 Å². The Morgan fingerprint density at radius 2 is 2.12 bits per heavy atom. The first kappa shape index (κ1) is 11.7. The Bertz CT molecular complexity index is 312. The summed E-state index contributed by atoms with van der Waals surface area (Å²) in [6, 6.07) is 4.55. The van der Waals surface area contributed by atoms with E-state index in [0.29, 0.717) is 6.04 Å². The van der Waals surface area contributed by atoms with Gasteiger partial charge in [0.25, 0.3) is 0 Å². The molecule has 0 aromatic carbocycles. The van der Waals surface area contributed by atoms with Crippen LogP contribution in [0.15, 0.2) is 16.5 Å². The molecular formula is C14H23NO. The van der Waals surface area contributed by atoms with E-state index in [4.69, 9.17) is 4.42 Å². The summed E-state index contributed by atoms with van der Waals surface area (Å²) >= 11 is 0. The zero-order chi connectivity index (χ0) is 11.4. The van der Waals surface area contributed by atoms with E-state index >= 15 is 0 Å². The molecular weight excluding hydrogens is 198 g/mol. The largest absolute Gasteiger partial charge is 0.465 e. The Balaban J connectivity index is 1.85. The van der Waals surface area contributed by atoms with Gasteiger partial charge in [-0.15, -0.1) is 0 Å². The summed E-state index contributed by atoms with van der Waals surface area (Å²) in [6.45, 7) is 2.01. The molecule has 16 heavy (non-hydrogen) atoms. The van der Waals surface area contributed by atoms with E-state index < -0.39 is 0 Å². The lowest BCUT2D eigenvalue weighted by molar-refractivity contribution is 0.367. The van der Waals surface area contributed by atoms with Crippen LogP contribution in [0, 0.1) is 12.8 Å². The molecule has 0 spiro atoms. The minimum atomic E-state index is 0.397. The summed E-state index contributed by atoms with van der Waals surface area (Å²) in [4.78, 5) is 0. The fraction of sp³-hybridized carbons (Fsp3) is 0.714. The second-order valence-corrected chi connectivity index (χ2v) is 5.02. The maximum absolute atomic E-state index is 5.69. The number of nitrogens with one attached hydrogen (secondary N) is 1. The Hall–Kier alpha value is -0.760. The molecule has 0 bridgehead atoms. The average molecular weight is 221 g/mol. The van der Waals surface area contributed by atoms with Crippen molar-refractivity contribution < 1.29 is 4.42 Å². The summed E-state index contributed by atoms with van der Waals surface area (Å²) in [5.74, 6) is 3.07. The van der Waals surface area contributed by atoms with E-state index in [1.165, 1.54) is 38.5 Å². The second-order valence-electron chi connectivity index (χ2n) is 5.02. The van der Waals surface area contributed by atoms with E-state index in [-0.39, 0.29) is 0 Å². The first-order chi connectivity index (χ1) is 7.79. The molecule has 90 valence electrons. The predicted molar refractivity (Wildman–Crippen MR) is 66.4 cm³/mol. The summed E-state index contributed by atoms with van der Waals surface area (Å²) in [5, 5.41) is 3.36. The molecule has 0 amide bonds. The van der Waals surface area contributed by atoms with Crippen LogP contribution in [0.1, 0.15) is 56.1 Å². The first-order valence-electron chi connectivity index (χ1n) is 6.53. The number of furan rings is 1. The standard InChI is InChI=1S/C14H23NO/c1-11-7-10-14(16-11)13(15-2)9-8-12-5-3-4-6-12/h7,10,12-13,15H,3-6,8-9H2,1-2H3. The highest BCUT2D eigenvalue weighted by Gasteiger charge is 2.18. The summed E-state index contributed by atoms with van der Waals surface area (Å²) < 4.78 is 5.69. The van der Waals surface area contributed by atoms with Crippen molar-refractivity contribution in [3.63, 3.8) is 0 Å². The summed E-state index contributed by atoms with van der Waals surface area (Å²) in [6.07, 6.45) is 8.30.